The highest BCUT2D eigenvalue weighted by Gasteiger charge is 2.26. The number of hydrogen-bond donors (Lipinski definition) is 1. The monoisotopic (exact) mass is 392 g/mol. The number of hydrogen-bond acceptors (Lipinski definition) is 6. The van der Waals surface area contributed by atoms with Gasteiger partial charge < -0.3 is 19.4 Å². The fourth-order valence-corrected chi connectivity index (χ4v) is 3.62. The van der Waals surface area contributed by atoms with Gasteiger partial charge in [0.15, 0.2) is 11.6 Å². The van der Waals surface area contributed by atoms with Crippen LogP contribution in [-0.2, 0) is 11.3 Å². The summed E-state index contributed by atoms with van der Waals surface area (Å²) in [4.78, 5) is 14.9. The number of para-hydroxylation sites is 1. The molecule has 7 heteroatoms. The van der Waals surface area contributed by atoms with Crippen molar-refractivity contribution in [3.05, 3.63) is 60.4 Å². The Hall–Kier alpha value is -3.35. The molecule has 1 unspecified atom stereocenters. The largest absolute Gasteiger partial charge is 0.496 e. The Bertz CT molecular complexity index is 941. The van der Waals surface area contributed by atoms with E-state index in [-0.39, 0.29) is 11.8 Å². The first kappa shape index (κ1) is 19.0. The summed E-state index contributed by atoms with van der Waals surface area (Å²) in [6.45, 7) is 1.95. The average molecular weight is 392 g/mol. The van der Waals surface area contributed by atoms with Gasteiger partial charge in [-0.05, 0) is 43.2 Å². The lowest BCUT2D eigenvalue weighted by atomic mass is 9.97. The van der Waals surface area contributed by atoms with Gasteiger partial charge in [-0.2, -0.15) is 0 Å². The minimum absolute atomic E-state index is 0.0563. The molecule has 4 rings (SSSR count). The molecule has 0 aliphatic carbocycles. The highest BCUT2D eigenvalue weighted by Crippen LogP contribution is 2.24. The zero-order chi connectivity index (χ0) is 20.1. The molecule has 1 atom stereocenters. The van der Waals surface area contributed by atoms with Crippen molar-refractivity contribution in [2.45, 2.75) is 19.4 Å². The zero-order valence-corrected chi connectivity index (χ0v) is 16.4. The molecule has 29 heavy (non-hydrogen) atoms. The number of amides is 1. The van der Waals surface area contributed by atoms with Crippen LogP contribution in [0.2, 0.25) is 0 Å². The zero-order valence-electron chi connectivity index (χ0n) is 16.4. The Balaban J connectivity index is 1.37. The molecule has 1 aromatic carbocycles. The number of carbonyl (C=O) groups excluding carboxylic acids is 1. The third kappa shape index (κ3) is 4.39. The molecule has 0 radical (unpaired) electrons. The standard InChI is InChI=1S/C22H24N4O3/c1-28-19-8-3-2-6-16(19)14-23-22(27)17-7-4-12-26(15-17)21-11-10-18(24-25-21)20-9-5-13-29-20/h2-3,5-6,8-11,13,17H,4,7,12,14-15H2,1H3,(H,23,27). The molecule has 1 N–H and O–H groups in total. The van der Waals surface area contributed by atoms with Crippen molar-refractivity contribution < 1.29 is 13.9 Å². The number of ether oxygens (including phenoxy) is 1. The van der Waals surface area contributed by atoms with Crippen molar-refractivity contribution in [2.24, 2.45) is 5.92 Å². The van der Waals surface area contributed by atoms with Crippen LogP contribution in [0.4, 0.5) is 5.82 Å². The first-order valence-corrected chi connectivity index (χ1v) is 9.77. The quantitative estimate of drug-likeness (QED) is 0.693. The van der Waals surface area contributed by atoms with E-state index in [2.05, 4.69) is 20.4 Å². The molecule has 1 aliphatic heterocycles. The molecule has 0 spiro atoms. The predicted molar refractivity (Wildman–Crippen MR) is 110 cm³/mol. The third-order valence-corrected chi connectivity index (χ3v) is 5.19. The van der Waals surface area contributed by atoms with E-state index in [0.29, 0.717) is 24.5 Å². The van der Waals surface area contributed by atoms with Crippen LogP contribution in [0.1, 0.15) is 18.4 Å². The molecule has 7 nitrogen and oxygen atoms in total. The Morgan fingerprint density at radius 3 is 2.86 bits per heavy atom. The van der Waals surface area contributed by atoms with Gasteiger partial charge in [-0.3, -0.25) is 4.79 Å². The van der Waals surface area contributed by atoms with E-state index in [0.717, 1.165) is 36.5 Å². The Kier molecular flexibility index (Phi) is 5.74. The van der Waals surface area contributed by atoms with Crippen molar-refractivity contribution >= 4 is 11.7 Å². The summed E-state index contributed by atoms with van der Waals surface area (Å²) in [7, 11) is 1.64. The number of methoxy groups -OCH3 is 1. The lowest BCUT2D eigenvalue weighted by Crippen LogP contribution is -2.43. The second-order valence-corrected chi connectivity index (χ2v) is 7.07. The van der Waals surface area contributed by atoms with Crippen molar-refractivity contribution in [3.8, 4) is 17.2 Å². The molecule has 0 saturated carbocycles. The number of carbonyl (C=O) groups is 1. The smallest absolute Gasteiger partial charge is 0.225 e. The van der Waals surface area contributed by atoms with E-state index in [1.54, 1.807) is 13.4 Å². The lowest BCUT2D eigenvalue weighted by Gasteiger charge is -2.32. The normalized spacial score (nSPS) is 16.4. The molecule has 1 aliphatic rings. The summed E-state index contributed by atoms with van der Waals surface area (Å²) >= 11 is 0. The van der Waals surface area contributed by atoms with Crippen LogP contribution in [0.15, 0.2) is 59.2 Å². The van der Waals surface area contributed by atoms with Crippen LogP contribution in [-0.4, -0.2) is 36.3 Å². The molecular formula is C22H24N4O3. The highest BCUT2D eigenvalue weighted by atomic mass is 16.5. The summed E-state index contributed by atoms with van der Waals surface area (Å²) in [5, 5.41) is 11.6. The summed E-state index contributed by atoms with van der Waals surface area (Å²) < 4.78 is 10.7. The van der Waals surface area contributed by atoms with Crippen LogP contribution in [0.3, 0.4) is 0 Å². The summed E-state index contributed by atoms with van der Waals surface area (Å²) in [6, 6.07) is 15.2. The average Bonchev–Trinajstić information content (AvgIpc) is 3.33. The number of piperidine rings is 1. The lowest BCUT2D eigenvalue weighted by molar-refractivity contribution is -0.125. The van der Waals surface area contributed by atoms with Gasteiger partial charge in [0.2, 0.25) is 5.91 Å². The van der Waals surface area contributed by atoms with E-state index < -0.39 is 0 Å². The molecule has 0 bridgehead atoms. The minimum atomic E-state index is -0.0787. The molecule has 1 amide bonds. The fourth-order valence-electron chi connectivity index (χ4n) is 3.62. The van der Waals surface area contributed by atoms with Crippen LogP contribution in [0.5, 0.6) is 5.75 Å². The number of furan rings is 1. The topological polar surface area (TPSA) is 80.5 Å². The molecule has 1 saturated heterocycles. The van der Waals surface area contributed by atoms with E-state index in [4.69, 9.17) is 9.15 Å². The Labute approximate surface area is 169 Å². The van der Waals surface area contributed by atoms with Gasteiger partial charge in [0.05, 0.1) is 19.3 Å². The molecule has 3 heterocycles. The van der Waals surface area contributed by atoms with Gasteiger partial charge in [0.1, 0.15) is 11.4 Å². The number of aromatic nitrogens is 2. The van der Waals surface area contributed by atoms with E-state index in [9.17, 15) is 4.79 Å². The molecule has 1 fully saturated rings. The first-order valence-electron chi connectivity index (χ1n) is 9.77. The number of nitrogens with one attached hydrogen (secondary N) is 1. The summed E-state index contributed by atoms with van der Waals surface area (Å²) in [6.07, 6.45) is 3.42. The van der Waals surface area contributed by atoms with Gasteiger partial charge in [-0.25, -0.2) is 0 Å². The SMILES string of the molecule is COc1ccccc1CNC(=O)C1CCCN(c2ccc(-c3ccco3)nn2)C1. The van der Waals surface area contributed by atoms with Gasteiger partial charge >= 0.3 is 0 Å². The van der Waals surface area contributed by atoms with Crippen molar-refractivity contribution in [1.29, 1.82) is 0 Å². The van der Waals surface area contributed by atoms with Gasteiger partial charge in [-0.1, -0.05) is 18.2 Å². The van der Waals surface area contributed by atoms with Crippen molar-refractivity contribution in [3.63, 3.8) is 0 Å². The van der Waals surface area contributed by atoms with Crippen molar-refractivity contribution in [1.82, 2.24) is 15.5 Å². The fraction of sp³-hybridized carbons (Fsp3) is 0.318. The maximum absolute atomic E-state index is 12.7. The van der Waals surface area contributed by atoms with Crippen LogP contribution in [0, 0.1) is 5.92 Å². The van der Waals surface area contributed by atoms with Gasteiger partial charge in [0, 0.05) is 25.2 Å². The molecule has 3 aromatic rings. The highest BCUT2D eigenvalue weighted by molar-refractivity contribution is 5.79. The maximum atomic E-state index is 12.7. The molecular weight excluding hydrogens is 368 g/mol. The van der Waals surface area contributed by atoms with Gasteiger partial charge in [-0.15, -0.1) is 10.2 Å². The second kappa shape index (κ2) is 8.77. The number of nitrogens with zero attached hydrogens (tertiary/aromatic N) is 3. The van der Waals surface area contributed by atoms with Crippen LogP contribution >= 0.6 is 0 Å². The first-order chi connectivity index (χ1) is 14.2. The summed E-state index contributed by atoms with van der Waals surface area (Å²) in [5.74, 6) is 2.23. The second-order valence-electron chi connectivity index (χ2n) is 7.07. The predicted octanol–water partition coefficient (Wildman–Crippen LogP) is 3.28. The van der Waals surface area contributed by atoms with Crippen LogP contribution < -0.4 is 15.0 Å². The van der Waals surface area contributed by atoms with E-state index in [1.807, 2.05) is 48.5 Å². The Morgan fingerprint density at radius 2 is 2.10 bits per heavy atom. The number of rotatable bonds is 6. The van der Waals surface area contributed by atoms with Crippen molar-refractivity contribution in [2.75, 3.05) is 25.1 Å². The Morgan fingerprint density at radius 1 is 1.21 bits per heavy atom. The van der Waals surface area contributed by atoms with Crippen LogP contribution in [0.25, 0.3) is 11.5 Å². The number of benzene rings is 1. The van der Waals surface area contributed by atoms with E-state index in [1.165, 1.54) is 0 Å². The summed E-state index contributed by atoms with van der Waals surface area (Å²) in [5.41, 5.74) is 1.66. The molecule has 150 valence electrons. The molecule has 2 aromatic heterocycles. The van der Waals surface area contributed by atoms with Gasteiger partial charge in [0.25, 0.3) is 0 Å². The number of anilines is 1. The maximum Gasteiger partial charge on any atom is 0.225 e. The van der Waals surface area contributed by atoms with E-state index >= 15 is 0 Å². The minimum Gasteiger partial charge on any atom is -0.496 e. The third-order valence-electron chi connectivity index (χ3n) is 5.19.